The van der Waals surface area contributed by atoms with E-state index >= 15 is 0 Å². The van der Waals surface area contributed by atoms with Gasteiger partial charge in [-0.15, -0.1) is 0 Å². The topological polar surface area (TPSA) is 124 Å². The number of carbonyl (C=O) groups is 4. The Morgan fingerprint density at radius 2 is 1.68 bits per heavy atom. The summed E-state index contributed by atoms with van der Waals surface area (Å²) < 4.78 is 36.6. The van der Waals surface area contributed by atoms with Crippen LogP contribution in [0.3, 0.4) is 0 Å². The fourth-order valence-electron chi connectivity index (χ4n) is 3.90. The number of amides is 1. The van der Waals surface area contributed by atoms with Crippen LogP contribution in [0.2, 0.25) is 0 Å². The molecular weight excluding hydrogens is 462 g/mol. The van der Waals surface area contributed by atoms with Crippen LogP contribution in [-0.4, -0.2) is 57.1 Å². The number of hydrogen-bond donors (Lipinski definition) is 0. The molecule has 1 fully saturated rings. The SMILES string of the molecule is C=C(C)C(=O)OCCOC(=O)c1ccc(S(=O)(=O)N(C)C(=O)C2CCC(C)(C=O)C2(C)C)cc1. The minimum absolute atomic E-state index is 0.0952. The van der Waals surface area contributed by atoms with Crippen LogP contribution in [0.15, 0.2) is 41.3 Å². The van der Waals surface area contributed by atoms with Crippen molar-refractivity contribution in [1.82, 2.24) is 4.31 Å². The van der Waals surface area contributed by atoms with Crippen molar-refractivity contribution in [2.45, 2.75) is 45.4 Å². The van der Waals surface area contributed by atoms with Crippen molar-refractivity contribution in [2.75, 3.05) is 20.3 Å². The quantitative estimate of drug-likeness (QED) is 0.223. The van der Waals surface area contributed by atoms with Crippen LogP contribution in [-0.2, 0) is 33.9 Å². The minimum Gasteiger partial charge on any atom is -0.459 e. The number of ether oxygens (including phenoxy) is 2. The predicted octanol–water partition coefficient (Wildman–Crippen LogP) is 2.75. The van der Waals surface area contributed by atoms with Crippen molar-refractivity contribution >= 4 is 34.2 Å². The lowest BCUT2D eigenvalue weighted by Crippen LogP contribution is -2.45. The van der Waals surface area contributed by atoms with Crippen LogP contribution in [0.5, 0.6) is 0 Å². The van der Waals surface area contributed by atoms with E-state index in [2.05, 4.69) is 6.58 Å². The number of esters is 2. The molecule has 1 aromatic rings. The first-order valence-corrected chi connectivity index (χ1v) is 12.2. The average molecular weight is 494 g/mol. The minimum atomic E-state index is -4.17. The number of carbonyl (C=O) groups excluding carboxylic acids is 4. The summed E-state index contributed by atoms with van der Waals surface area (Å²) in [6, 6.07) is 4.98. The monoisotopic (exact) mass is 493 g/mol. The maximum Gasteiger partial charge on any atom is 0.338 e. The zero-order valence-electron chi connectivity index (χ0n) is 20.1. The molecular formula is C24H31NO8S. The van der Waals surface area contributed by atoms with E-state index in [0.717, 1.165) is 6.29 Å². The molecule has 9 nitrogen and oxygen atoms in total. The highest BCUT2D eigenvalue weighted by atomic mass is 32.2. The van der Waals surface area contributed by atoms with E-state index in [4.69, 9.17) is 9.47 Å². The lowest BCUT2D eigenvalue weighted by atomic mass is 9.66. The summed E-state index contributed by atoms with van der Waals surface area (Å²) in [5, 5.41) is 0. The molecule has 1 aliphatic carbocycles. The summed E-state index contributed by atoms with van der Waals surface area (Å²) in [5.74, 6) is -2.53. The summed E-state index contributed by atoms with van der Waals surface area (Å²) >= 11 is 0. The van der Waals surface area contributed by atoms with Crippen LogP contribution in [0, 0.1) is 16.7 Å². The van der Waals surface area contributed by atoms with Gasteiger partial charge in [0.05, 0.1) is 10.5 Å². The average Bonchev–Trinajstić information content (AvgIpc) is 3.04. The van der Waals surface area contributed by atoms with Gasteiger partial charge in [0.2, 0.25) is 5.91 Å². The molecule has 1 aliphatic rings. The fraction of sp³-hybridized carbons (Fsp3) is 0.500. The number of aldehydes is 1. The molecule has 0 bridgehead atoms. The zero-order chi connectivity index (χ0) is 25.9. The number of hydrogen-bond acceptors (Lipinski definition) is 8. The van der Waals surface area contributed by atoms with Crippen molar-refractivity contribution in [3.63, 3.8) is 0 Å². The summed E-state index contributed by atoms with van der Waals surface area (Å²) in [6.07, 6.45) is 1.75. The van der Waals surface area contributed by atoms with Gasteiger partial charge in [-0.3, -0.25) is 4.79 Å². The molecule has 0 spiro atoms. The summed E-state index contributed by atoms with van der Waals surface area (Å²) in [7, 11) is -2.98. The van der Waals surface area contributed by atoms with E-state index < -0.39 is 44.6 Å². The van der Waals surface area contributed by atoms with E-state index in [0.29, 0.717) is 17.1 Å². The first kappa shape index (κ1) is 27.2. The van der Waals surface area contributed by atoms with Gasteiger partial charge in [-0.2, -0.15) is 0 Å². The third-order valence-electron chi connectivity index (χ3n) is 6.81. The third-order valence-corrected chi connectivity index (χ3v) is 8.58. The number of nitrogens with zero attached hydrogens (tertiary/aromatic N) is 1. The first-order valence-electron chi connectivity index (χ1n) is 10.8. The third kappa shape index (κ3) is 5.22. The van der Waals surface area contributed by atoms with E-state index in [9.17, 15) is 27.6 Å². The van der Waals surface area contributed by atoms with Crippen LogP contribution < -0.4 is 0 Å². The van der Waals surface area contributed by atoms with Gasteiger partial charge in [0.1, 0.15) is 19.5 Å². The van der Waals surface area contributed by atoms with Crippen molar-refractivity contribution in [3.8, 4) is 0 Å². The smallest absolute Gasteiger partial charge is 0.338 e. The fourth-order valence-corrected chi connectivity index (χ4v) is 5.06. The lowest BCUT2D eigenvalue weighted by Gasteiger charge is -2.38. The Morgan fingerprint density at radius 1 is 1.12 bits per heavy atom. The highest BCUT2D eigenvalue weighted by Crippen LogP contribution is 2.55. The predicted molar refractivity (Wildman–Crippen MR) is 123 cm³/mol. The van der Waals surface area contributed by atoms with Gasteiger partial charge in [0.25, 0.3) is 10.0 Å². The van der Waals surface area contributed by atoms with Gasteiger partial charge in [0.15, 0.2) is 0 Å². The molecule has 1 amide bonds. The number of rotatable bonds is 9. The molecule has 0 aromatic heterocycles. The molecule has 2 rings (SSSR count). The molecule has 0 radical (unpaired) electrons. The second-order valence-electron chi connectivity index (χ2n) is 9.24. The van der Waals surface area contributed by atoms with Gasteiger partial charge in [-0.05, 0) is 49.4 Å². The van der Waals surface area contributed by atoms with Crippen LogP contribution in [0.25, 0.3) is 0 Å². The molecule has 0 N–H and O–H groups in total. The number of sulfonamides is 1. The molecule has 186 valence electrons. The molecule has 2 unspecified atom stereocenters. The zero-order valence-corrected chi connectivity index (χ0v) is 20.9. The first-order chi connectivity index (χ1) is 15.7. The largest absolute Gasteiger partial charge is 0.459 e. The Morgan fingerprint density at radius 3 is 2.18 bits per heavy atom. The maximum atomic E-state index is 13.1. The van der Waals surface area contributed by atoms with Crippen LogP contribution >= 0.6 is 0 Å². The molecule has 0 saturated heterocycles. The molecule has 0 heterocycles. The molecule has 1 saturated carbocycles. The van der Waals surface area contributed by atoms with Crippen LogP contribution in [0.4, 0.5) is 0 Å². The normalized spacial score (nSPS) is 21.4. The number of benzene rings is 1. The van der Waals surface area contributed by atoms with Gasteiger partial charge < -0.3 is 14.3 Å². The second kappa shape index (κ2) is 10.1. The summed E-state index contributed by atoms with van der Waals surface area (Å²) in [5.41, 5.74) is -1.11. The Balaban J connectivity index is 2.07. The summed E-state index contributed by atoms with van der Waals surface area (Å²) in [4.78, 5) is 48.0. The van der Waals surface area contributed by atoms with Gasteiger partial charge in [0, 0.05) is 24.0 Å². The molecule has 10 heteroatoms. The second-order valence-corrected chi connectivity index (χ2v) is 11.2. The van der Waals surface area contributed by atoms with E-state index in [1.807, 2.05) is 0 Å². The highest BCUT2D eigenvalue weighted by molar-refractivity contribution is 7.89. The van der Waals surface area contributed by atoms with Crippen molar-refractivity contribution in [2.24, 2.45) is 16.7 Å². The summed E-state index contributed by atoms with van der Waals surface area (Å²) in [6.45, 7) is 10.0. The molecule has 34 heavy (non-hydrogen) atoms. The van der Waals surface area contributed by atoms with Gasteiger partial charge in [-0.1, -0.05) is 27.4 Å². The van der Waals surface area contributed by atoms with Gasteiger partial charge in [-0.25, -0.2) is 22.3 Å². The molecule has 2 atom stereocenters. The van der Waals surface area contributed by atoms with E-state index in [1.165, 1.54) is 38.2 Å². The van der Waals surface area contributed by atoms with E-state index in [1.54, 1.807) is 20.8 Å². The maximum absolute atomic E-state index is 13.1. The lowest BCUT2D eigenvalue weighted by molar-refractivity contribution is -0.140. The Labute approximate surface area is 200 Å². The Kier molecular flexibility index (Phi) is 8.08. The Bertz CT molecular complexity index is 1090. The van der Waals surface area contributed by atoms with Crippen molar-refractivity contribution < 1.29 is 37.1 Å². The molecule has 1 aromatic carbocycles. The van der Waals surface area contributed by atoms with E-state index in [-0.39, 0.29) is 29.2 Å². The highest BCUT2D eigenvalue weighted by Gasteiger charge is 2.55. The molecule has 0 aliphatic heterocycles. The van der Waals surface area contributed by atoms with Crippen molar-refractivity contribution in [3.05, 3.63) is 42.0 Å². The standard InChI is InChI=1S/C24H31NO8S/c1-16(2)21(28)32-13-14-33-22(29)17-7-9-18(10-8-17)34(30,31)25(6)20(27)19-11-12-24(5,15-26)23(19,3)4/h7-10,15,19H,1,11-14H2,2-6H3. The Hall–Kier alpha value is -3.01. The van der Waals surface area contributed by atoms with Gasteiger partial charge >= 0.3 is 11.9 Å². The van der Waals surface area contributed by atoms with Crippen molar-refractivity contribution in [1.29, 1.82) is 0 Å². The van der Waals surface area contributed by atoms with Crippen LogP contribution in [0.1, 0.15) is 50.9 Å².